The fourth-order valence-electron chi connectivity index (χ4n) is 4.07. The first-order valence-corrected chi connectivity index (χ1v) is 7.51. The van der Waals surface area contributed by atoms with E-state index in [0.717, 1.165) is 18.4 Å². The van der Waals surface area contributed by atoms with E-state index in [1.54, 1.807) is 16.9 Å². The summed E-state index contributed by atoms with van der Waals surface area (Å²) in [5.74, 6) is 2.47. The summed E-state index contributed by atoms with van der Waals surface area (Å²) in [5, 5.41) is 7.34. The van der Waals surface area contributed by atoms with Crippen LogP contribution in [0.25, 0.3) is 0 Å². The molecule has 1 N–H and O–H groups in total. The Hall–Kier alpha value is -1.32. The summed E-state index contributed by atoms with van der Waals surface area (Å²) in [6.45, 7) is 4.90. The van der Waals surface area contributed by atoms with Crippen molar-refractivity contribution in [2.45, 2.75) is 52.1 Å². The molecule has 2 aliphatic rings. The highest BCUT2D eigenvalue weighted by atomic mass is 16.2. The van der Waals surface area contributed by atoms with Crippen LogP contribution in [0.3, 0.4) is 0 Å². The summed E-state index contributed by atoms with van der Waals surface area (Å²) in [5.41, 5.74) is 0.678. The molecule has 2 aliphatic carbocycles. The van der Waals surface area contributed by atoms with Crippen LogP contribution in [0.15, 0.2) is 12.3 Å². The highest BCUT2D eigenvalue weighted by molar-refractivity contribution is 5.92. The lowest BCUT2D eigenvalue weighted by molar-refractivity contribution is 0.0904. The van der Waals surface area contributed by atoms with E-state index >= 15 is 0 Å². The second kappa shape index (κ2) is 4.99. The van der Waals surface area contributed by atoms with Gasteiger partial charge in [-0.3, -0.25) is 9.48 Å². The molecule has 1 aromatic heterocycles. The van der Waals surface area contributed by atoms with Crippen LogP contribution < -0.4 is 5.32 Å². The Kier molecular flexibility index (Phi) is 3.33. The summed E-state index contributed by atoms with van der Waals surface area (Å²) >= 11 is 0. The molecule has 4 nitrogen and oxygen atoms in total. The molecule has 0 aliphatic heterocycles. The number of carbonyl (C=O) groups is 1. The number of hydrogen-bond acceptors (Lipinski definition) is 2. The van der Waals surface area contributed by atoms with Crippen LogP contribution >= 0.6 is 0 Å². The summed E-state index contributed by atoms with van der Waals surface area (Å²) in [6.07, 6.45) is 7.16. The Morgan fingerprint density at radius 1 is 1.53 bits per heavy atom. The first kappa shape index (κ1) is 12.7. The molecule has 0 radical (unpaired) electrons. The number of fused-ring (bicyclic) bond motifs is 2. The SMILES string of the molecule is CCn1nccc1C(=O)N[C@@H](C)[C@@H]1C[C@H]2CC[C@H]1C2. The van der Waals surface area contributed by atoms with Gasteiger partial charge in [-0.2, -0.15) is 5.10 Å². The molecule has 1 aromatic rings. The van der Waals surface area contributed by atoms with Crippen LogP contribution in [0.4, 0.5) is 0 Å². The second-order valence-corrected chi connectivity index (χ2v) is 6.13. The second-order valence-electron chi connectivity index (χ2n) is 6.13. The van der Waals surface area contributed by atoms with Gasteiger partial charge < -0.3 is 5.32 Å². The Balaban J connectivity index is 1.63. The number of nitrogens with zero attached hydrogens (tertiary/aromatic N) is 2. The molecule has 1 heterocycles. The zero-order valence-electron chi connectivity index (χ0n) is 11.8. The maximum absolute atomic E-state index is 12.3. The van der Waals surface area contributed by atoms with E-state index in [0.29, 0.717) is 11.6 Å². The minimum atomic E-state index is 0.0228. The summed E-state index contributed by atoms with van der Waals surface area (Å²) in [6, 6.07) is 2.08. The highest BCUT2D eigenvalue weighted by Gasteiger charge is 2.42. The summed E-state index contributed by atoms with van der Waals surface area (Å²) in [4.78, 5) is 12.3. The van der Waals surface area contributed by atoms with Crippen LogP contribution in [0.5, 0.6) is 0 Å². The third kappa shape index (κ3) is 2.28. The van der Waals surface area contributed by atoms with Crippen molar-refractivity contribution < 1.29 is 4.79 Å². The van der Waals surface area contributed by atoms with E-state index in [1.165, 1.54) is 25.7 Å². The van der Waals surface area contributed by atoms with Gasteiger partial charge in [0.15, 0.2) is 0 Å². The lowest BCUT2D eigenvalue weighted by Gasteiger charge is -2.28. The highest BCUT2D eigenvalue weighted by Crippen LogP contribution is 2.49. The zero-order chi connectivity index (χ0) is 13.4. The Morgan fingerprint density at radius 2 is 2.37 bits per heavy atom. The Morgan fingerprint density at radius 3 is 3.00 bits per heavy atom. The maximum atomic E-state index is 12.3. The summed E-state index contributed by atoms with van der Waals surface area (Å²) in [7, 11) is 0. The standard InChI is InChI=1S/C15H23N3O/c1-3-18-14(6-7-16-18)15(19)17-10(2)13-9-11-4-5-12(13)8-11/h6-7,10-13H,3-5,8-9H2,1-2H3,(H,17,19)/t10-,11-,12-,13-/m0/s1. The molecule has 0 unspecified atom stereocenters. The minimum Gasteiger partial charge on any atom is -0.348 e. The van der Waals surface area contributed by atoms with Gasteiger partial charge in [-0.1, -0.05) is 6.42 Å². The monoisotopic (exact) mass is 261 g/mol. The predicted molar refractivity (Wildman–Crippen MR) is 73.8 cm³/mol. The zero-order valence-corrected chi connectivity index (χ0v) is 11.8. The molecule has 0 saturated heterocycles. The van der Waals surface area contributed by atoms with Crippen LogP contribution in [0.2, 0.25) is 0 Å². The van der Waals surface area contributed by atoms with E-state index in [4.69, 9.17) is 0 Å². The molecule has 19 heavy (non-hydrogen) atoms. The molecular weight excluding hydrogens is 238 g/mol. The topological polar surface area (TPSA) is 46.9 Å². The molecule has 2 saturated carbocycles. The number of nitrogens with one attached hydrogen (secondary N) is 1. The third-order valence-corrected chi connectivity index (χ3v) is 5.04. The lowest BCUT2D eigenvalue weighted by Crippen LogP contribution is -2.40. The van der Waals surface area contributed by atoms with Crippen LogP contribution in [-0.4, -0.2) is 21.7 Å². The summed E-state index contributed by atoms with van der Waals surface area (Å²) < 4.78 is 1.75. The molecule has 0 spiro atoms. The van der Waals surface area contributed by atoms with Gasteiger partial charge in [0.05, 0.1) is 0 Å². The van der Waals surface area contributed by atoms with E-state index in [2.05, 4.69) is 17.3 Å². The van der Waals surface area contributed by atoms with Crippen molar-refractivity contribution >= 4 is 5.91 Å². The first-order valence-electron chi connectivity index (χ1n) is 7.51. The number of hydrogen-bond donors (Lipinski definition) is 1. The molecule has 1 amide bonds. The van der Waals surface area contributed by atoms with Gasteiger partial charge in [0.25, 0.3) is 5.91 Å². The van der Waals surface area contributed by atoms with Gasteiger partial charge in [0, 0.05) is 18.8 Å². The fraction of sp³-hybridized carbons (Fsp3) is 0.733. The van der Waals surface area contributed by atoms with Crippen LogP contribution in [-0.2, 0) is 6.54 Å². The number of aromatic nitrogens is 2. The van der Waals surface area contributed by atoms with E-state index in [1.807, 2.05) is 6.92 Å². The Labute approximate surface area is 114 Å². The predicted octanol–water partition coefficient (Wildman–Crippen LogP) is 2.46. The maximum Gasteiger partial charge on any atom is 0.269 e. The number of rotatable bonds is 4. The molecule has 2 bridgehead atoms. The van der Waals surface area contributed by atoms with Crippen molar-refractivity contribution in [1.82, 2.24) is 15.1 Å². The van der Waals surface area contributed by atoms with Crippen molar-refractivity contribution in [1.29, 1.82) is 0 Å². The normalized spacial score (nSPS) is 30.5. The van der Waals surface area contributed by atoms with Crippen molar-refractivity contribution in [3.05, 3.63) is 18.0 Å². The molecule has 0 aromatic carbocycles. The minimum absolute atomic E-state index is 0.0228. The van der Waals surface area contributed by atoms with Gasteiger partial charge >= 0.3 is 0 Å². The average Bonchev–Trinajstić information content (AvgIpc) is 3.13. The van der Waals surface area contributed by atoms with Gasteiger partial charge in [-0.25, -0.2) is 0 Å². The number of aryl methyl sites for hydroxylation is 1. The smallest absolute Gasteiger partial charge is 0.269 e. The van der Waals surface area contributed by atoms with Crippen LogP contribution in [0, 0.1) is 17.8 Å². The average molecular weight is 261 g/mol. The van der Waals surface area contributed by atoms with Crippen molar-refractivity contribution in [2.24, 2.45) is 17.8 Å². The van der Waals surface area contributed by atoms with Crippen LogP contribution in [0.1, 0.15) is 50.0 Å². The fourth-order valence-corrected chi connectivity index (χ4v) is 4.07. The van der Waals surface area contributed by atoms with E-state index in [-0.39, 0.29) is 11.9 Å². The third-order valence-electron chi connectivity index (χ3n) is 5.04. The largest absolute Gasteiger partial charge is 0.348 e. The molecule has 104 valence electrons. The van der Waals surface area contributed by atoms with E-state index in [9.17, 15) is 4.79 Å². The van der Waals surface area contributed by atoms with E-state index < -0.39 is 0 Å². The van der Waals surface area contributed by atoms with Gasteiger partial charge in [0.1, 0.15) is 5.69 Å². The van der Waals surface area contributed by atoms with Crippen molar-refractivity contribution in [3.63, 3.8) is 0 Å². The lowest BCUT2D eigenvalue weighted by atomic mass is 9.84. The molecule has 4 atom stereocenters. The molecule has 4 heteroatoms. The van der Waals surface area contributed by atoms with Crippen molar-refractivity contribution in [3.8, 4) is 0 Å². The van der Waals surface area contributed by atoms with Gasteiger partial charge in [0.2, 0.25) is 0 Å². The van der Waals surface area contributed by atoms with Crippen molar-refractivity contribution in [2.75, 3.05) is 0 Å². The van der Waals surface area contributed by atoms with Gasteiger partial charge in [-0.05, 0) is 56.9 Å². The molecular formula is C15H23N3O. The Bertz CT molecular complexity index is 468. The number of amides is 1. The first-order chi connectivity index (χ1) is 9.19. The molecule has 3 rings (SSSR count). The number of carbonyl (C=O) groups excluding carboxylic acids is 1. The quantitative estimate of drug-likeness (QED) is 0.905. The molecule has 2 fully saturated rings. The van der Waals surface area contributed by atoms with Gasteiger partial charge in [-0.15, -0.1) is 0 Å².